The Morgan fingerprint density at radius 1 is 1.05 bits per heavy atom. The molecule has 2 N–H and O–H groups in total. The van der Waals surface area contributed by atoms with Gasteiger partial charge in [-0.3, -0.25) is 0 Å². The van der Waals surface area contributed by atoms with Crippen molar-refractivity contribution in [2.24, 2.45) is 0 Å². The molecule has 110 valence electrons. The van der Waals surface area contributed by atoms with E-state index in [-0.39, 0.29) is 11.2 Å². The fourth-order valence-electron chi connectivity index (χ4n) is 2.01. The molecule has 1 aliphatic rings. The number of nitrogens with two attached hydrogens (primary N) is 1. The van der Waals surface area contributed by atoms with Gasteiger partial charge in [0.1, 0.15) is 5.82 Å². The van der Waals surface area contributed by atoms with Crippen LogP contribution < -0.4 is 11.2 Å². The quantitative estimate of drug-likeness (QED) is 0.811. The van der Waals surface area contributed by atoms with E-state index in [0.29, 0.717) is 11.6 Å². The molecule has 3 rings (SSSR count). The van der Waals surface area contributed by atoms with Crippen LogP contribution in [-0.2, 0) is 9.31 Å². The minimum Gasteiger partial charge on any atom is -0.399 e. The van der Waals surface area contributed by atoms with Gasteiger partial charge in [0.2, 0.25) is 0 Å². The number of nitrogen functional groups attached to an aromatic ring is 1. The Hall–Kier alpha value is -1.93. The van der Waals surface area contributed by atoms with E-state index in [1.54, 1.807) is 17.1 Å². The zero-order valence-electron chi connectivity index (χ0n) is 12.6. The van der Waals surface area contributed by atoms with Crippen LogP contribution in [0.4, 0.5) is 5.82 Å². The standard InChI is InChI=1S/C13H18BN5O2/c1-12(2)13(3,4)21-14(20-12)9-5-18-19(8-9)11-7-16-10(15)6-17-11/h5-8H,1-4H3,(H2,15,16). The fourth-order valence-corrected chi connectivity index (χ4v) is 2.01. The minimum atomic E-state index is -0.439. The summed E-state index contributed by atoms with van der Waals surface area (Å²) in [5.74, 6) is 0.962. The Morgan fingerprint density at radius 2 is 1.71 bits per heavy atom. The summed E-state index contributed by atoms with van der Waals surface area (Å²) in [6, 6.07) is 0. The number of aromatic nitrogens is 4. The molecular formula is C13H18BN5O2. The normalized spacial score (nSPS) is 19.9. The summed E-state index contributed by atoms with van der Waals surface area (Å²) >= 11 is 0. The van der Waals surface area contributed by atoms with E-state index in [9.17, 15) is 0 Å². The third-order valence-corrected chi connectivity index (χ3v) is 4.02. The third kappa shape index (κ3) is 2.40. The molecular weight excluding hydrogens is 269 g/mol. The summed E-state index contributed by atoms with van der Waals surface area (Å²) in [5, 5.41) is 4.27. The van der Waals surface area contributed by atoms with Gasteiger partial charge in [-0.1, -0.05) is 0 Å². The van der Waals surface area contributed by atoms with Crippen LogP contribution in [0, 0.1) is 0 Å². The minimum absolute atomic E-state index is 0.372. The SMILES string of the molecule is CC1(C)OB(c2cnn(-c3cnc(N)cn3)c2)OC1(C)C. The lowest BCUT2D eigenvalue weighted by molar-refractivity contribution is 0.00578. The summed E-state index contributed by atoms with van der Waals surface area (Å²) in [6.07, 6.45) is 6.59. The highest BCUT2D eigenvalue weighted by Crippen LogP contribution is 2.36. The van der Waals surface area contributed by atoms with E-state index in [2.05, 4.69) is 15.1 Å². The maximum Gasteiger partial charge on any atom is 0.498 e. The maximum atomic E-state index is 5.99. The molecule has 3 heterocycles. The van der Waals surface area contributed by atoms with Crippen molar-refractivity contribution in [1.82, 2.24) is 19.7 Å². The molecule has 0 radical (unpaired) electrons. The average molecular weight is 287 g/mol. The first-order valence-corrected chi connectivity index (χ1v) is 6.77. The van der Waals surface area contributed by atoms with Crippen molar-refractivity contribution in [3.8, 4) is 5.82 Å². The molecule has 0 aliphatic carbocycles. The van der Waals surface area contributed by atoms with E-state index in [4.69, 9.17) is 15.0 Å². The third-order valence-electron chi connectivity index (χ3n) is 4.02. The van der Waals surface area contributed by atoms with E-state index in [1.807, 2.05) is 33.9 Å². The lowest BCUT2D eigenvalue weighted by Crippen LogP contribution is -2.41. The van der Waals surface area contributed by atoms with Crippen molar-refractivity contribution >= 4 is 18.4 Å². The van der Waals surface area contributed by atoms with E-state index in [0.717, 1.165) is 5.46 Å². The summed E-state index contributed by atoms with van der Waals surface area (Å²) < 4.78 is 13.6. The summed E-state index contributed by atoms with van der Waals surface area (Å²) in [5.41, 5.74) is 5.62. The van der Waals surface area contributed by atoms with Gasteiger partial charge in [0.05, 0.1) is 23.6 Å². The molecule has 8 heteroatoms. The Kier molecular flexibility index (Phi) is 3.03. The van der Waals surface area contributed by atoms with Crippen LogP contribution in [-0.4, -0.2) is 38.1 Å². The van der Waals surface area contributed by atoms with Gasteiger partial charge >= 0.3 is 7.12 Å². The zero-order chi connectivity index (χ0) is 15.3. The van der Waals surface area contributed by atoms with E-state index < -0.39 is 7.12 Å². The van der Waals surface area contributed by atoms with Crippen molar-refractivity contribution in [1.29, 1.82) is 0 Å². The molecule has 0 unspecified atom stereocenters. The second-order valence-electron chi connectivity index (χ2n) is 6.11. The second-order valence-corrected chi connectivity index (χ2v) is 6.11. The molecule has 1 saturated heterocycles. The number of hydrogen-bond donors (Lipinski definition) is 1. The predicted molar refractivity (Wildman–Crippen MR) is 79.3 cm³/mol. The van der Waals surface area contributed by atoms with Crippen molar-refractivity contribution in [3.05, 3.63) is 24.8 Å². The van der Waals surface area contributed by atoms with Crippen LogP contribution in [0.5, 0.6) is 0 Å². The number of nitrogens with zero attached hydrogens (tertiary/aromatic N) is 4. The van der Waals surface area contributed by atoms with Gasteiger partial charge in [0.15, 0.2) is 5.82 Å². The maximum absolute atomic E-state index is 5.99. The molecule has 0 bridgehead atoms. The summed E-state index contributed by atoms with van der Waals surface area (Å²) in [4.78, 5) is 8.18. The molecule has 21 heavy (non-hydrogen) atoms. The number of hydrogen-bond acceptors (Lipinski definition) is 6. The van der Waals surface area contributed by atoms with Crippen molar-refractivity contribution in [2.45, 2.75) is 38.9 Å². The largest absolute Gasteiger partial charge is 0.498 e. The van der Waals surface area contributed by atoms with Crippen LogP contribution in [0.25, 0.3) is 5.82 Å². The van der Waals surface area contributed by atoms with Gasteiger partial charge in [0.25, 0.3) is 0 Å². The molecule has 0 aromatic carbocycles. The Labute approximate surface area is 123 Å². The molecule has 7 nitrogen and oxygen atoms in total. The van der Waals surface area contributed by atoms with Gasteiger partial charge in [-0.2, -0.15) is 5.10 Å². The molecule has 1 fully saturated rings. The Morgan fingerprint density at radius 3 is 2.29 bits per heavy atom. The van der Waals surface area contributed by atoms with Gasteiger partial charge in [0, 0.05) is 17.9 Å². The topological polar surface area (TPSA) is 88.1 Å². The number of rotatable bonds is 2. The molecule has 2 aromatic heterocycles. The van der Waals surface area contributed by atoms with Crippen LogP contribution in [0.1, 0.15) is 27.7 Å². The van der Waals surface area contributed by atoms with Crippen molar-refractivity contribution < 1.29 is 9.31 Å². The predicted octanol–water partition coefficient (Wildman–Crippen LogP) is 0.544. The number of anilines is 1. The fraction of sp³-hybridized carbons (Fsp3) is 0.462. The van der Waals surface area contributed by atoms with Crippen molar-refractivity contribution in [2.75, 3.05) is 5.73 Å². The smallest absolute Gasteiger partial charge is 0.399 e. The van der Waals surface area contributed by atoms with Crippen LogP contribution in [0.3, 0.4) is 0 Å². The monoisotopic (exact) mass is 287 g/mol. The summed E-state index contributed by atoms with van der Waals surface area (Å²) in [7, 11) is -0.439. The van der Waals surface area contributed by atoms with Gasteiger partial charge in [-0.25, -0.2) is 14.6 Å². The lowest BCUT2D eigenvalue weighted by atomic mass is 9.82. The van der Waals surface area contributed by atoms with Crippen LogP contribution in [0.2, 0.25) is 0 Å². The van der Waals surface area contributed by atoms with Gasteiger partial charge < -0.3 is 15.0 Å². The first-order chi connectivity index (χ1) is 9.78. The molecule has 0 saturated carbocycles. The Bertz CT molecular complexity index is 637. The van der Waals surface area contributed by atoms with Gasteiger partial charge in [-0.15, -0.1) is 0 Å². The molecule has 1 aliphatic heterocycles. The van der Waals surface area contributed by atoms with Crippen molar-refractivity contribution in [3.63, 3.8) is 0 Å². The molecule has 0 spiro atoms. The molecule has 2 aromatic rings. The first-order valence-electron chi connectivity index (χ1n) is 6.77. The summed E-state index contributed by atoms with van der Waals surface area (Å²) in [6.45, 7) is 8.07. The van der Waals surface area contributed by atoms with Gasteiger partial charge in [-0.05, 0) is 27.7 Å². The van der Waals surface area contributed by atoms with E-state index in [1.165, 1.54) is 6.20 Å². The highest BCUT2D eigenvalue weighted by molar-refractivity contribution is 6.62. The Balaban J connectivity index is 1.85. The lowest BCUT2D eigenvalue weighted by Gasteiger charge is -2.32. The highest BCUT2D eigenvalue weighted by Gasteiger charge is 2.52. The molecule has 0 atom stereocenters. The second kappa shape index (κ2) is 4.54. The van der Waals surface area contributed by atoms with Crippen LogP contribution in [0.15, 0.2) is 24.8 Å². The zero-order valence-corrected chi connectivity index (χ0v) is 12.6. The average Bonchev–Trinajstić information content (AvgIpc) is 2.94. The highest BCUT2D eigenvalue weighted by atomic mass is 16.7. The first kappa shape index (κ1) is 14.0. The van der Waals surface area contributed by atoms with Crippen LogP contribution >= 0.6 is 0 Å². The van der Waals surface area contributed by atoms with E-state index >= 15 is 0 Å². The molecule has 0 amide bonds.